The van der Waals surface area contributed by atoms with Crippen molar-refractivity contribution in [2.75, 3.05) is 0 Å². The van der Waals surface area contributed by atoms with E-state index in [2.05, 4.69) is 0 Å². The van der Waals surface area contributed by atoms with Gasteiger partial charge in [-0.05, 0) is 0 Å². The molecule has 0 aliphatic rings. The van der Waals surface area contributed by atoms with Crippen LogP contribution in [0.3, 0.4) is 0 Å². The predicted molar refractivity (Wildman–Crippen MR) is 104 cm³/mol. The summed E-state index contributed by atoms with van der Waals surface area (Å²) < 4.78 is 1.02. The van der Waals surface area contributed by atoms with E-state index in [1.54, 1.807) is 36.4 Å². The molecule has 0 fully saturated rings. The Morgan fingerprint density at radius 1 is 0.500 bits per heavy atom. The van der Waals surface area contributed by atoms with Gasteiger partial charge in [-0.1, -0.05) is 0 Å². The van der Waals surface area contributed by atoms with Crippen molar-refractivity contribution in [3.8, 4) is 0 Å². The van der Waals surface area contributed by atoms with Crippen molar-refractivity contribution in [2.24, 2.45) is 0 Å². The molecule has 0 unspecified atom stereocenters. The summed E-state index contributed by atoms with van der Waals surface area (Å²) in [6.45, 7) is 0. The van der Waals surface area contributed by atoms with Crippen molar-refractivity contribution in [1.82, 2.24) is 0 Å². The van der Waals surface area contributed by atoms with E-state index >= 15 is 0 Å². The summed E-state index contributed by atoms with van der Waals surface area (Å²) in [4.78, 5) is 33.1. The normalized spacial score (nSPS) is 10.6. The van der Waals surface area contributed by atoms with Gasteiger partial charge in [-0.15, -0.1) is 0 Å². The van der Waals surface area contributed by atoms with Crippen molar-refractivity contribution < 1.29 is 14.8 Å². The van der Waals surface area contributed by atoms with E-state index in [1.807, 2.05) is 0 Å². The van der Waals surface area contributed by atoms with Crippen LogP contribution in [0, 0.1) is 30.3 Å². The summed E-state index contributed by atoms with van der Waals surface area (Å²) in [5.74, 6) is 0. The molecular weight excluding hydrogens is 563 g/mol. The van der Waals surface area contributed by atoms with E-state index in [9.17, 15) is 30.3 Å². The first-order valence-electron chi connectivity index (χ1n) is 7.92. The number of nitro groups is 3. The minimum absolute atomic E-state index is 0.184. The Kier molecular flexibility index (Phi) is 5.70. The van der Waals surface area contributed by atoms with Gasteiger partial charge in [0.1, 0.15) is 0 Å². The number of nitro benzene ring substituents is 3. The van der Waals surface area contributed by atoms with Gasteiger partial charge in [0.15, 0.2) is 0 Å². The molecule has 0 amide bonds. The van der Waals surface area contributed by atoms with E-state index in [0.717, 1.165) is 0 Å². The zero-order valence-electron chi connectivity index (χ0n) is 14.2. The molecule has 0 N–H and O–H groups in total. The molecular formula is C18H12BiN3O6. The number of benzene rings is 3. The van der Waals surface area contributed by atoms with Crippen LogP contribution in [0.1, 0.15) is 0 Å². The molecule has 0 saturated carbocycles. The van der Waals surface area contributed by atoms with Gasteiger partial charge >= 0.3 is 167 Å². The fourth-order valence-corrected chi connectivity index (χ4v) is 13.1. The Bertz CT molecular complexity index is 951. The Morgan fingerprint density at radius 3 is 1.00 bits per heavy atom. The Morgan fingerprint density at radius 2 is 0.750 bits per heavy atom. The third-order valence-electron chi connectivity index (χ3n) is 3.96. The molecule has 28 heavy (non-hydrogen) atoms. The van der Waals surface area contributed by atoms with E-state index in [0.29, 0.717) is 9.81 Å². The van der Waals surface area contributed by atoms with Crippen molar-refractivity contribution in [3.05, 3.63) is 103 Å². The zero-order valence-corrected chi connectivity index (χ0v) is 17.6. The van der Waals surface area contributed by atoms with Crippen LogP contribution in [-0.2, 0) is 0 Å². The monoisotopic (exact) mass is 575 g/mol. The fourth-order valence-electron chi connectivity index (χ4n) is 2.81. The molecule has 0 aliphatic heterocycles. The Hall–Kier alpha value is -3.26. The van der Waals surface area contributed by atoms with Crippen LogP contribution in [-0.4, -0.2) is 36.5 Å². The molecule has 0 heterocycles. The fraction of sp³-hybridized carbons (Fsp3) is 0. The molecule has 0 saturated heterocycles. The second-order valence-electron chi connectivity index (χ2n) is 5.57. The number of para-hydroxylation sites is 3. The summed E-state index contributed by atoms with van der Waals surface area (Å²) in [7, 11) is 0. The van der Waals surface area contributed by atoms with Gasteiger partial charge in [0, 0.05) is 0 Å². The number of hydrogen-bond donors (Lipinski definition) is 0. The van der Waals surface area contributed by atoms with Crippen LogP contribution >= 0.6 is 0 Å². The van der Waals surface area contributed by atoms with Crippen LogP contribution in [0.5, 0.6) is 0 Å². The molecule has 0 radical (unpaired) electrons. The molecule has 9 nitrogen and oxygen atoms in total. The second kappa shape index (κ2) is 8.18. The summed E-state index contributed by atoms with van der Waals surface area (Å²) >= 11 is -3.79. The van der Waals surface area contributed by atoms with Gasteiger partial charge in [0.2, 0.25) is 0 Å². The summed E-state index contributed by atoms with van der Waals surface area (Å²) in [6, 6.07) is 17.9. The number of rotatable bonds is 6. The van der Waals surface area contributed by atoms with Gasteiger partial charge in [-0.2, -0.15) is 0 Å². The van der Waals surface area contributed by atoms with Crippen LogP contribution < -0.4 is 9.81 Å². The molecule has 0 bridgehead atoms. The predicted octanol–water partition coefficient (Wildman–Crippen LogP) is 1.93. The van der Waals surface area contributed by atoms with E-state index in [-0.39, 0.29) is 17.1 Å². The Balaban J connectivity index is 2.40. The van der Waals surface area contributed by atoms with Gasteiger partial charge < -0.3 is 0 Å². The molecule has 0 spiro atoms. The third-order valence-corrected chi connectivity index (χ3v) is 14.0. The molecule has 3 aromatic carbocycles. The average Bonchev–Trinajstić information content (AvgIpc) is 2.69. The molecule has 3 aromatic rings. The standard InChI is InChI=1S/3C6H4NO2.Bi/c3*8-7(9)6-4-2-1-3-5-6;/h3*1-4H;. The van der Waals surface area contributed by atoms with Crippen molar-refractivity contribution in [3.63, 3.8) is 0 Å². The topological polar surface area (TPSA) is 129 Å². The summed E-state index contributed by atoms with van der Waals surface area (Å²) in [5.41, 5.74) is -0.551. The maximum absolute atomic E-state index is 11.6. The quantitative estimate of drug-likeness (QED) is 0.251. The minimum atomic E-state index is -3.79. The van der Waals surface area contributed by atoms with Gasteiger partial charge in [-0.25, -0.2) is 0 Å². The van der Waals surface area contributed by atoms with E-state index in [1.165, 1.54) is 36.4 Å². The summed E-state index contributed by atoms with van der Waals surface area (Å²) in [5, 5.41) is 34.8. The van der Waals surface area contributed by atoms with Crippen molar-refractivity contribution in [1.29, 1.82) is 0 Å². The van der Waals surface area contributed by atoms with Crippen LogP contribution in [0.25, 0.3) is 0 Å². The zero-order chi connectivity index (χ0) is 20.3. The van der Waals surface area contributed by atoms with Gasteiger partial charge in [0.05, 0.1) is 0 Å². The van der Waals surface area contributed by atoms with Gasteiger partial charge in [-0.3, -0.25) is 0 Å². The number of nitrogens with zero attached hydrogens (tertiary/aromatic N) is 3. The molecule has 140 valence electrons. The maximum atomic E-state index is 11.6. The van der Waals surface area contributed by atoms with Crippen molar-refractivity contribution in [2.45, 2.75) is 0 Å². The molecule has 3 rings (SSSR count). The average molecular weight is 575 g/mol. The Labute approximate surface area is 166 Å². The summed E-state index contributed by atoms with van der Waals surface area (Å²) in [6.07, 6.45) is 0. The molecule has 10 heteroatoms. The van der Waals surface area contributed by atoms with Gasteiger partial charge in [0.25, 0.3) is 0 Å². The first-order valence-corrected chi connectivity index (χ1v) is 13.1. The van der Waals surface area contributed by atoms with Crippen LogP contribution in [0.4, 0.5) is 17.1 Å². The SMILES string of the molecule is O=[N+]([O-])c1cccc[c]1[Bi]([c]1ccccc1[N+](=O)[O-])[c]1ccccc1[N+](=O)[O-]. The number of hydrogen-bond acceptors (Lipinski definition) is 6. The van der Waals surface area contributed by atoms with E-state index < -0.39 is 36.5 Å². The second-order valence-corrected chi connectivity index (χ2v) is 13.8. The molecule has 0 aliphatic carbocycles. The van der Waals surface area contributed by atoms with Crippen LogP contribution in [0.2, 0.25) is 0 Å². The third kappa shape index (κ3) is 3.72. The first-order chi connectivity index (χ1) is 13.4. The van der Waals surface area contributed by atoms with Crippen LogP contribution in [0.15, 0.2) is 72.8 Å². The van der Waals surface area contributed by atoms with E-state index in [4.69, 9.17) is 0 Å². The molecule has 0 atom stereocenters. The van der Waals surface area contributed by atoms with Crippen molar-refractivity contribution >= 4 is 48.6 Å². The molecule has 0 aromatic heterocycles. The first kappa shape index (κ1) is 19.5.